The highest BCUT2D eigenvalue weighted by molar-refractivity contribution is 5.71. The topological polar surface area (TPSA) is 78.9 Å². The van der Waals surface area contributed by atoms with E-state index in [4.69, 9.17) is 14.2 Å². The van der Waals surface area contributed by atoms with E-state index in [1.165, 1.54) is 83.5 Å². The second-order valence-corrected chi connectivity index (χ2v) is 20.2. The lowest BCUT2D eigenvalue weighted by molar-refractivity contribution is -0.167. The Kier molecular flexibility index (Phi) is 59.4. The van der Waals surface area contributed by atoms with Gasteiger partial charge < -0.3 is 14.2 Å². The Morgan fingerprint density at radius 2 is 0.513 bits per heavy atom. The Labute approximate surface area is 468 Å². The van der Waals surface area contributed by atoms with E-state index in [2.05, 4.69) is 154 Å². The molecule has 0 bridgehead atoms. The summed E-state index contributed by atoms with van der Waals surface area (Å²) in [5.41, 5.74) is 0. The normalized spacial score (nSPS) is 13.0. The maximum atomic E-state index is 12.9. The molecule has 0 saturated heterocycles. The van der Waals surface area contributed by atoms with Crippen molar-refractivity contribution in [1.29, 1.82) is 0 Å². The van der Waals surface area contributed by atoms with Gasteiger partial charge in [-0.15, -0.1) is 0 Å². The third kappa shape index (κ3) is 60.4. The zero-order chi connectivity index (χ0) is 55.0. The standard InChI is InChI=1S/C70H114O6/c1-4-7-10-13-16-19-22-24-26-28-30-31-32-33-34-35-36-37-38-39-41-42-44-46-48-51-54-57-60-63-69(72)75-66-67(65-74-68(71)62-59-56-53-50-21-18-15-12-9-6-3)76-70(73)64-61-58-55-52-49-47-45-43-40-29-27-25-23-20-17-14-11-8-5-2/h7-8,10-11,16-17,19-20,24-27,30-31,33-34,36-37,39-41,43,67H,4-6,9,12-15,18,21-23,28-29,32,35,38,42,44-66H2,1-3H3/b10-7-,11-8-,19-16-,20-17-,26-24-,27-25-,31-30-,34-33-,37-36-,41-39-,43-40-. The summed E-state index contributed by atoms with van der Waals surface area (Å²) in [7, 11) is 0. The van der Waals surface area contributed by atoms with E-state index in [0.29, 0.717) is 19.3 Å². The van der Waals surface area contributed by atoms with Crippen molar-refractivity contribution in [2.75, 3.05) is 13.2 Å². The minimum Gasteiger partial charge on any atom is -0.462 e. The molecule has 1 atom stereocenters. The van der Waals surface area contributed by atoms with Crippen LogP contribution < -0.4 is 0 Å². The summed E-state index contributed by atoms with van der Waals surface area (Å²) in [6, 6.07) is 0. The van der Waals surface area contributed by atoms with E-state index >= 15 is 0 Å². The Morgan fingerprint density at radius 1 is 0.276 bits per heavy atom. The molecule has 0 aliphatic carbocycles. The van der Waals surface area contributed by atoms with Crippen LogP contribution >= 0.6 is 0 Å². The molecule has 0 aromatic carbocycles. The lowest BCUT2D eigenvalue weighted by atomic mass is 10.1. The first kappa shape index (κ1) is 71.5. The average molecular weight is 1050 g/mol. The quantitative estimate of drug-likeness (QED) is 0.0261. The van der Waals surface area contributed by atoms with Crippen molar-refractivity contribution in [2.24, 2.45) is 0 Å². The van der Waals surface area contributed by atoms with Crippen LogP contribution in [0.2, 0.25) is 0 Å². The zero-order valence-electron chi connectivity index (χ0n) is 49.2. The van der Waals surface area contributed by atoms with Gasteiger partial charge in [-0.1, -0.05) is 270 Å². The molecule has 6 nitrogen and oxygen atoms in total. The van der Waals surface area contributed by atoms with E-state index in [1.807, 2.05) is 0 Å². The highest BCUT2D eigenvalue weighted by Gasteiger charge is 2.19. The van der Waals surface area contributed by atoms with Crippen LogP contribution in [-0.2, 0) is 28.6 Å². The van der Waals surface area contributed by atoms with Gasteiger partial charge in [-0.05, 0) is 116 Å². The SMILES string of the molecule is CC/C=C\C/C=C\C/C=C\C/C=C\C/C=C\C/C=C\C/C=C\CCCCCCCCCC(=O)OCC(COC(=O)CCCCCCCCCCCC)OC(=O)CCCCCCCC/C=C\C/C=C\C/C=C\C/C=C\CC. The third-order valence-corrected chi connectivity index (χ3v) is 12.9. The van der Waals surface area contributed by atoms with Gasteiger partial charge in [0, 0.05) is 19.3 Å². The summed E-state index contributed by atoms with van der Waals surface area (Å²) < 4.78 is 16.9. The summed E-state index contributed by atoms with van der Waals surface area (Å²) in [4.78, 5) is 38.2. The molecular formula is C70H114O6. The van der Waals surface area contributed by atoms with Crippen LogP contribution in [0.3, 0.4) is 0 Å². The van der Waals surface area contributed by atoms with Crippen molar-refractivity contribution in [3.8, 4) is 0 Å². The number of unbranched alkanes of at least 4 members (excludes halogenated alkanes) is 22. The number of hydrogen-bond acceptors (Lipinski definition) is 6. The molecule has 0 saturated carbocycles. The highest BCUT2D eigenvalue weighted by Crippen LogP contribution is 2.15. The van der Waals surface area contributed by atoms with E-state index in [1.54, 1.807) is 0 Å². The molecule has 430 valence electrons. The van der Waals surface area contributed by atoms with Crippen LogP contribution in [0.4, 0.5) is 0 Å². The summed E-state index contributed by atoms with van der Waals surface area (Å²) in [6.07, 6.45) is 88.8. The van der Waals surface area contributed by atoms with Crippen LogP contribution in [0.5, 0.6) is 0 Å². The predicted octanol–water partition coefficient (Wildman–Crippen LogP) is 21.4. The number of rotatable bonds is 55. The van der Waals surface area contributed by atoms with E-state index in [0.717, 1.165) is 148 Å². The number of carbonyl (C=O) groups excluding carboxylic acids is 3. The first-order valence-electron chi connectivity index (χ1n) is 31.2. The average Bonchev–Trinajstić information content (AvgIpc) is 3.42. The fourth-order valence-corrected chi connectivity index (χ4v) is 8.30. The molecule has 1 unspecified atom stereocenters. The number of allylic oxidation sites excluding steroid dienone is 22. The highest BCUT2D eigenvalue weighted by atomic mass is 16.6. The van der Waals surface area contributed by atoms with Gasteiger partial charge in [0.2, 0.25) is 0 Å². The smallest absolute Gasteiger partial charge is 0.306 e. The van der Waals surface area contributed by atoms with E-state index < -0.39 is 6.10 Å². The minimum absolute atomic E-state index is 0.0891. The summed E-state index contributed by atoms with van der Waals surface area (Å²) in [5.74, 6) is -0.916. The Hall–Kier alpha value is -4.45. The van der Waals surface area contributed by atoms with Gasteiger partial charge in [0.25, 0.3) is 0 Å². The predicted molar refractivity (Wildman–Crippen MR) is 329 cm³/mol. The van der Waals surface area contributed by atoms with Crippen molar-refractivity contribution in [2.45, 2.75) is 277 Å². The molecule has 0 spiro atoms. The maximum absolute atomic E-state index is 12.9. The van der Waals surface area contributed by atoms with Gasteiger partial charge >= 0.3 is 17.9 Å². The zero-order valence-corrected chi connectivity index (χ0v) is 49.2. The van der Waals surface area contributed by atoms with Crippen LogP contribution in [0.25, 0.3) is 0 Å². The van der Waals surface area contributed by atoms with Crippen LogP contribution in [-0.4, -0.2) is 37.2 Å². The molecule has 6 heteroatoms. The maximum Gasteiger partial charge on any atom is 0.306 e. The molecule has 0 fully saturated rings. The largest absolute Gasteiger partial charge is 0.462 e. The van der Waals surface area contributed by atoms with Crippen molar-refractivity contribution in [1.82, 2.24) is 0 Å². The molecule has 0 aromatic rings. The number of carbonyl (C=O) groups is 3. The number of ether oxygens (including phenoxy) is 3. The van der Waals surface area contributed by atoms with E-state index in [9.17, 15) is 14.4 Å². The van der Waals surface area contributed by atoms with Crippen LogP contribution in [0.1, 0.15) is 271 Å². The third-order valence-electron chi connectivity index (χ3n) is 12.9. The second-order valence-electron chi connectivity index (χ2n) is 20.2. The number of hydrogen-bond donors (Lipinski definition) is 0. The summed E-state index contributed by atoms with van der Waals surface area (Å²) in [6.45, 7) is 6.38. The van der Waals surface area contributed by atoms with Crippen LogP contribution in [0.15, 0.2) is 134 Å². The fraction of sp³-hybridized carbons (Fsp3) is 0.643. The van der Waals surface area contributed by atoms with Gasteiger partial charge in [-0.3, -0.25) is 14.4 Å². The van der Waals surface area contributed by atoms with Gasteiger partial charge in [0.1, 0.15) is 13.2 Å². The fourth-order valence-electron chi connectivity index (χ4n) is 8.30. The monoisotopic (exact) mass is 1050 g/mol. The van der Waals surface area contributed by atoms with E-state index in [-0.39, 0.29) is 31.1 Å². The molecule has 0 radical (unpaired) electrons. The summed E-state index contributed by atoms with van der Waals surface area (Å²) >= 11 is 0. The molecule has 0 amide bonds. The first-order valence-corrected chi connectivity index (χ1v) is 31.2. The van der Waals surface area contributed by atoms with Gasteiger partial charge in [0.15, 0.2) is 6.10 Å². The van der Waals surface area contributed by atoms with Crippen molar-refractivity contribution < 1.29 is 28.6 Å². The van der Waals surface area contributed by atoms with Crippen molar-refractivity contribution in [3.63, 3.8) is 0 Å². The lowest BCUT2D eigenvalue weighted by Gasteiger charge is -2.18. The van der Waals surface area contributed by atoms with Gasteiger partial charge in [0.05, 0.1) is 0 Å². The molecule has 0 aliphatic heterocycles. The molecule has 0 heterocycles. The molecule has 0 aromatic heterocycles. The Bertz CT molecular complexity index is 1630. The molecular weight excluding hydrogens is 937 g/mol. The molecule has 0 aliphatic rings. The molecule has 0 N–H and O–H groups in total. The summed E-state index contributed by atoms with van der Waals surface area (Å²) in [5, 5.41) is 0. The number of esters is 3. The van der Waals surface area contributed by atoms with Gasteiger partial charge in [-0.2, -0.15) is 0 Å². The lowest BCUT2D eigenvalue weighted by Crippen LogP contribution is -2.30. The van der Waals surface area contributed by atoms with Crippen LogP contribution in [0, 0.1) is 0 Å². The Morgan fingerprint density at radius 3 is 0.803 bits per heavy atom. The second kappa shape index (κ2) is 63.1. The van der Waals surface area contributed by atoms with Gasteiger partial charge in [-0.25, -0.2) is 0 Å². The van der Waals surface area contributed by atoms with Crippen molar-refractivity contribution in [3.05, 3.63) is 134 Å². The van der Waals surface area contributed by atoms with Crippen molar-refractivity contribution >= 4 is 17.9 Å². The molecule has 0 rings (SSSR count). The minimum atomic E-state index is -0.794. The first-order chi connectivity index (χ1) is 37.5. The Balaban J connectivity index is 4.32. The molecule has 76 heavy (non-hydrogen) atoms.